The predicted molar refractivity (Wildman–Crippen MR) is 103 cm³/mol. The molecule has 1 fully saturated rings. The van der Waals surface area contributed by atoms with E-state index in [0.29, 0.717) is 11.6 Å². The van der Waals surface area contributed by atoms with E-state index in [1.54, 1.807) is 0 Å². The van der Waals surface area contributed by atoms with Crippen LogP contribution in [0.5, 0.6) is 5.75 Å². The molecule has 1 aliphatic heterocycles. The van der Waals surface area contributed by atoms with E-state index in [9.17, 15) is 0 Å². The highest BCUT2D eigenvalue weighted by atomic mass is 79.9. The van der Waals surface area contributed by atoms with E-state index in [1.165, 1.54) is 25.9 Å². The molecule has 3 nitrogen and oxygen atoms in total. The molecule has 4 rings (SSSR count). The number of halogens is 2. The molecule has 5 heteroatoms. The molecule has 0 N–H and O–H groups in total. The van der Waals surface area contributed by atoms with Crippen LogP contribution in [0.4, 0.5) is 0 Å². The minimum absolute atomic E-state index is 0. The lowest BCUT2D eigenvalue weighted by molar-refractivity contribution is -0.911. The molecule has 0 spiro atoms. The summed E-state index contributed by atoms with van der Waals surface area (Å²) in [5, 5.41) is 2.86. The highest BCUT2D eigenvalue weighted by molar-refractivity contribution is 6.31. The number of nitrogens with zero attached hydrogens (tertiary/aromatic N) is 1. The van der Waals surface area contributed by atoms with E-state index in [1.807, 2.05) is 36.4 Å². The van der Waals surface area contributed by atoms with Crippen LogP contribution in [0.15, 0.2) is 53.5 Å². The van der Waals surface area contributed by atoms with Gasteiger partial charge in [-0.3, -0.25) is 0 Å². The van der Waals surface area contributed by atoms with Gasteiger partial charge < -0.3 is 30.6 Å². The first-order valence-electron chi connectivity index (χ1n) is 8.90. The zero-order valence-electron chi connectivity index (χ0n) is 14.7. The average molecular weight is 437 g/mol. The van der Waals surface area contributed by atoms with E-state index >= 15 is 0 Å². The summed E-state index contributed by atoms with van der Waals surface area (Å²) in [4.78, 5) is 0. The maximum atomic E-state index is 6.05. The van der Waals surface area contributed by atoms with Gasteiger partial charge in [-0.05, 0) is 30.3 Å². The van der Waals surface area contributed by atoms with Gasteiger partial charge in [0, 0.05) is 40.8 Å². The number of ether oxygens (including phenoxy) is 1. The van der Waals surface area contributed by atoms with Gasteiger partial charge in [0.1, 0.15) is 30.1 Å². The molecular formula is C21H23BrClNO2. The van der Waals surface area contributed by atoms with E-state index < -0.39 is 0 Å². The molecule has 0 atom stereocenters. The fraction of sp³-hybridized carbons (Fsp3) is 0.333. The molecule has 2 aromatic carbocycles. The standard InChI is InChI=1S/C21H23ClNO2.BrH/c1-2-9-23(10-3-4-11-23)12-13-24-17-6-8-19-18-7-5-16(22)14-20(18)25-21(19)15-17;/h2,5-8,14-15H,1,3-4,9-13H2;1H/q+1;/p-1. The summed E-state index contributed by atoms with van der Waals surface area (Å²) in [5.74, 6) is 0.855. The number of hydrogen-bond acceptors (Lipinski definition) is 2. The Balaban J connectivity index is 0.00000196. The molecule has 0 aliphatic carbocycles. The second-order valence-electron chi connectivity index (χ2n) is 6.94. The maximum Gasteiger partial charge on any atom is 0.139 e. The van der Waals surface area contributed by atoms with Gasteiger partial charge in [-0.1, -0.05) is 18.2 Å². The zero-order valence-corrected chi connectivity index (χ0v) is 17.1. The topological polar surface area (TPSA) is 22.4 Å². The molecule has 1 saturated heterocycles. The highest BCUT2D eigenvalue weighted by Gasteiger charge is 2.30. The van der Waals surface area contributed by atoms with Crippen LogP contribution in [0.3, 0.4) is 0 Å². The van der Waals surface area contributed by atoms with Crippen molar-refractivity contribution in [3.8, 4) is 5.75 Å². The van der Waals surface area contributed by atoms with Crippen molar-refractivity contribution in [2.45, 2.75) is 12.8 Å². The Morgan fingerprint density at radius 1 is 1.08 bits per heavy atom. The minimum Gasteiger partial charge on any atom is -1.00 e. The molecule has 2 heterocycles. The number of furan rings is 1. The normalized spacial score (nSPS) is 15.9. The van der Waals surface area contributed by atoms with Crippen LogP contribution in [-0.2, 0) is 0 Å². The summed E-state index contributed by atoms with van der Waals surface area (Å²) >= 11 is 6.05. The SMILES string of the molecule is C=CC[N+]1(CCOc2ccc3c(c2)oc2cc(Cl)ccc23)CCCC1.[Br-]. The second-order valence-corrected chi connectivity index (χ2v) is 7.38. The van der Waals surface area contributed by atoms with Crippen molar-refractivity contribution < 1.29 is 30.6 Å². The second kappa shape index (κ2) is 8.03. The predicted octanol–water partition coefficient (Wildman–Crippen LogP) is 2.42. The Morgan fingerprint density at radius 2 is 1.77 bits per heavy atom. The van der Waals surface area contributed by atoms with Crippen LogP contribution in [0.25, 0.3) is 21.9 Å². The number of benzene rings is 2. The Bertz CT molecular complexity index is 915. The van der Waals surface area contributed by atoms with Crippen LogP contribution < -0.4 is 21.7 Å². The van der Waals surface area contributed by atoms with Crippen LogP contribution in [-0.4, -0.2) is 37.3 Å². The summed E-state index contributed by atoms with van der Waals surface area (Å²) < 4.78 is 13.1. The van der Waals surface area contributed by atoms with Gasteiger partial charge >= 0.3 is 0 Å². The number of rotatable bonds is 6. The number of fused-ring (bicyclic) bond motifs is 3. The monoisotopic (exact) mass is 435 g/mol. The third kappa shape index (κ3) is 3.78. The number of likely N-dealkylation sites (tertiary alicyclic amines) is 1. The Hall–Kier alpha value is -1.49. The molecular weight excluding hydrogens is 414 g/mol. The van der Waals surface area contributed by atoms with Crippen molar-refractivity contribution in [1.29, 1.82) is 0 Å². The van der Waals surface area contributed by atoms with Gasteiger partial charge in [0.05, 0.1) is 19.6 Å². The number of hydrogen-bond donors (Lipinski definition) is 0. The summed E-state index contributed by atoms with van der Waals surface area (Å²) in [7, 11) is 0. The molecule has 0 amide bonds. The van der Waals surface area contributed by atoms with Crippen molar-refractivity contribution >= 4 is 33.5 Å². The molecule has 1 aromatic heterocycles. The molecule has 0 unspecified atom stereocenters. The van der Waals surface area contributed by atoms with Gasteiger partial charge in [-0.25, -0.2) is 0 Å². The summed E-state index contributed by atoms with van der Waals surface area (Å²) in [6.45, 7) is 9.16. The molecule has 0 radical (unpaired) electrons. The van der Waals surface area contributed by atoms with Crippen molar-refractivity contribution in [3.63, 3.8) is 0 Å². The zero-order chi connectivity index (χ0) is 17.3. The van der Waals surface area contributed by atoms with Crippen molar-refractivity contribution in [3.05, 3.63) is 54.1 Å². The lowest BCUT2D eigenvalue weighted by Crippen LogP contribution is -3.00. The summed E-state index contributed by atoms with van der Waals surface area (Å²) in [5.41, 5.74) is 1.65. The minimum atomic E-state index is 0. The fourth-order valence-corrected chi connectivity index (χ4v) is 4.12. The Labute approximate surface area is 169 Å². The maximum absolute atomic E-state index is 6.05. The molecule has 138 valence electrons. The van der Waals surface area contributed by atoms with Crippen LogP contribution >= 0.6 is 11.6 Å². The molecule has 26 heavy (non-hydrogen) atoms. The molecule has 0 saturated carbocycles. The van der Waals surface area contributed by atoms with Gasteiger partial charge in [0.2, 0.25) is 0 Å². The lowest BCUT2D eigenvalue weighted by Gasteiger charge is -2.32. The fourth-order valence-electron chi connectivity index (χ4n) is 3.96. The van der Waals surface area contributed by atoms with Crippen LogP contribution in [0.1, 0.15) is 12.8 Å². The van der Waals surface area contributed by atoms with Gasteiger partial charge in [-0.15, -0.1) is 0 Å². The van der Waals surface area contributed by atoms with Crippen molar-refractivity contribution in [1.82, 2.24) is 0 Å². The van der Waals surface area contributed by atoms with E-state index in [2.05, 4.69) is 12.6 Å². The third-order valence-electron chi connectivity index (χ3n) is 5.27. The first-order valence-corrected chi connectivity index (χ1v) is 9.28. The quantitative estimate of drug-likeness (QED) is 0.437. The van der Waals surface area contributed by atoms with Gasteiger partial charge in [-0.2, -0.15) is 0 Å². The van der Waals surface area contributed by atoms with Gasteiger partial charge in [0.15, 0.2) is 0 Å². The lowest BCUT2D eigenvalue weighted by atomic mass is 10.1. The van der Waals surface area contributed by atoms with E-state index in [0.717, 1.165) is 45.3 Å². The first-order chi connectivity index (χ1) is 12.2. The summed E-state index contributed by atoms with van der Waals surface area (Å²) in [6.07, 6.45) is 4.65. The smallest absolute Gasteiger partial charge is 0.139 e. The largest absolute Gasteiger partial charge is 1.00 e. The first kappa shape index (κ1) is 19.3. The Morgan fingerprint density at radius 3 is 2.50 bits per heavy atom. The Kier molecular flexibility index (Phi) is 5.96. The van der Waals surface area contributed by atoms with Crippen LogP contribution in [0.2, 0.25) is 5.02 Å². The van der Waals surface area contributed by atoms with Crippen molar-refractivity contribution in [2.24, 2.45) is 0 Å². The highest BCUT2D eigenvalue weighted by Crippen LogP contribution is 2.32. The van der Waals surface area contributed by atoms with E-state index in [4.69, 9.17) is 20.8 Å². The molecule has 0 bridgehead atoms. The van der Waals surface area contributed by atoms with Crippen LogP contribution in [0, 0.1) is 0 Å². The number of quaternary nitrogens is 1. The third-order valence-corrected chi connectivity index (χ3v) is 5.51. The average Bonchev–Trinajstić information content (AvgIpc) is 3.19. The molecule has 1 aliphatic rings. The molecule has 3 aromatic rings. The van der Waals surface area contributed by atoms with E-state index in [-0.39, 0.29) is 17.0 Å². The summed E-state index contributed by atoms with van der Waals surface area (Å²) in [6, 6.07) is 11.8. The van der Waals surface area contributed by atoms with Crippen molar-refractivity contribution in [2.75, 3.05) is 32.8 Å². The van der Waals surface area contributed by atoms with Gasteiger partial charge in [0.25, 0.3) is 0 Å².